The summed E-state index contributed by atoms with van der Waals surface area (Å²) in [6.45, 7) is 0.587. The largest absolute Gasteiger partial charge is 0.465 e. The first-order valence-electron chi connectivity index (χ1n) is 9.17. The van der Waals surface area contributed by atoms with Crippen LogP contribution in [0.25, 0.3) is 0 Å². The predicted molar refractivity (Wildman–Crippen MR) is 104 cm³/mol. The van der Waals surface area contributed by atoms with Crippen LogP contribution in [-0.2, 0) is 29.9 Å². The molecular formula is C20H24N2O4S. The fourth-order valence-corrected chi connectivity index (χ4v) is 4.37. The minimum Gasteiger partial charge on any atom is -0.465 e. The number of benzene rings is 1. The van der Waals surface area contributed by atoms with E-state index in [4.69, 9.17) is 9.84 Å². The van der Waals surface area contributed by atoms with Crippen LogP contribution in [-0.4, -0.2) is 34.3 Å². The fourth-order valence-electron chi connectivity index (χ4n) is 3.33. The third-order valence-electron chi connectivity index (χ3n) is 4.74. The number of esters is 1. The van der Waals surface area contributed by atoms with Crippen molar-refractivity contribution in [1.82, 2.24) is 9.55 Å². The number of carbonyl (C=O) groups is 1. The van der Waals surface area contributed by atoms with E-state index in [1.807, 2.05) is 12.1 Å². The van der Waals surface area contributed by atoms with Gasteiger partial charge in [0, 0.05) is 30.2 Å². The monoisotopic (exact) mass is 388 g/mol. The minimum atomic E-state index is -0.351. The summed E-state index contributed by atoms with van der Waals surface area (Å²) in [5, 5.41) is 9.90. The van der Waals surface area contributed by atoms with Crippen LogP contribution in [0.3, 0.4) is 0 Å². The van der Waals surface area contributed by atoms with Gasteiger partial charge in [0.05, 0.1) is 12.7 Å². The van der Waals surface area contributed by atoms with Crippen LogP contribution in [0.4, 0.5) is 0 Å². The van der Waals surface area contributed by atoms with Gasteiger partial charge in [-0.25, -0.2) is 9.59 Å². The molecule has 1 aromatic carbocycles. The van der Waals surface area contributed by atoms with Gasteiger partial charge in [-0.3, -0.25) is 4.57 Å². The molecule has 1 heterocycles. The molecule has 27 heavy (non-hydrogen) atoms. The van der Waals surface area contributed by atoms with Crippen LogP contribution >= 0.6 is 11.8 Å². The van der Waals surface area contributed by atoms with Crippen molar-refractivity contribution in [2.45, 2.75) is 49.4 Å². The first kappa shape index (κ1) is 19.6. The maximum Gasteiger partial charge on any atom is 0.348 e. The summed E-state index contributed by atoms with van der Waals surface area (Å²) in [7, 11) is 1.36. The van der Waals surface area contributed by atoms with Crippen molar-refractivity contribution in [2.24, 2.45) is 0 Å². The average molecular weight is 388 g/mol. The molecule has 0 spiro atoms. The van der Waals surface area contributed by atoms with E-state index in [0.717, 1.165) is 42.0 Å². The Morgan fingerprint density at radius 1 is 1.26 bits per heavy atom. The first-order chi connectivity index (χ1) is 13.1. The highest BCUT2D eigenvalue weighted by atomic mass is 32.2. The number of nitrogens with zero attached hydrogens (tertiary/aromatic N) is 2. The van der Waals surface area contributed by atoms with Crippen molar-refractivity contribution in [3.8, 4) is 0 Å². The summed E-state index contributed by atoms with van der Waals surface area (Å²) in [4.78, 5) is 28.3. The number of aliphatic hydroxyl groups excluding tert-OH is 1. The molecule has 2 aromatic rings. The summed E-state index contributed by atoms with van der Waals surface area (Å²) < 4.78 is 6.45. The molecule has 3 rings (SSSR count). The molecule has 1 N–H and O–H groups in total. The van der Waals surface area contributed by atoms with Gasteiger partial charge in [-0.15, -0.1) is 11.8 Å². The van der Waals surface area contributed by atoms with Crippen LogP contribution < -0.4 is 5.69 Å². The van der Waals surface area contributed by atoms with E-state index in [0.29, 0.717) is 24.3 Å². The standard InChI is InChI=1S/C20H24N2O4S/c1-26-19(24)15-9-7-14(8-10-15)13-27-18-16-5-2-3-6-17(16)22(11-4-12-23)20(25)21-18/h7-10,23H,2-6,11-13H2,1H3. The van der Waals surface area contributed by atoms with Gasteiger partial charge in [0.2, 0.25) is 0 Å². The van der Waals surface area contributed by atoms with Crippen LogP contribution in [0.2, 0.25) is 0 Å². The van der Waals surface area contributed by atoms with Gasteiger partial charge < -0.3 is 9.84 Å². The lowest BCUT2D eigenvalue weighted by atomic mass is 9.97. The van der Waals surface area contributed by atoms with Gasteiger partial charge in [0.15, 0.2) is 0 Å². The maximum absolute atomic E-state index is 12.5. The summed E-state index contributed by atoms with van der Waals surface area (Å²) in [5.74, 6) is 0.331. The molecule has 0 bridgehead atoms. The second-order valence-electron chi connectivity index (χ2n) is 6.54. The molecule has 0 fully saturated rings. The number of carbonyl (C=O) groups excluding carboxylic acids is 1. The Morgan fingerprint density at radius 3 is 2.70 bits per heavy atom. The summed E-state index contributed by atoms with van der Waals surface area (Å²) >= 11 is 1.56. The highest BCUT2D eigenvalue weighted by Crippen LogP contribution is 2.30. The van der Waals surface area contributed by atoms with E-state index < -0.39 is 0 Å². The number of hydrogen-bond acceptors (Lipinski definition) is 6. The molecule has 0 saturated carbocycles. The molecule has 144 valence electrons. The average Bonchev–Trinajstić information content (AvgIpc) is 2.71. The zero-order chi connectivity index (χ0) is 19.2. The number of aromatic nitrogens is 2. The van der Waals surface area contributed by atoms with E-state index in [1.165, 1.54) is 12.7 Å². The number of fused-ring (bicyclic) bond motifs is 1. The lowest BCUT2D eigenvalue weighted by Crippen LogP contribution is -2.30. The van der Waals surface area contributed by atoms with E-state index >= 15 is 0 Å². The van der Waals surface area contributed by atoms with Crippen LogP contribution in [0.15, 0.2) is 34.1 Å². The molecule has 0 radical (unpaired) electrons. The summed E-state index contributed by atoms with van der Waals surface area (Å²) in [6.07, 6.45) is 4.57. The van der Waals surface area contributed by atoms with Crippen molar-refractivity contribution < 1.29 is 14.6 Å². The van der Waals surface area contributed by atoms with E-state index in [-0.39, 0.29) is 18.3 Å². The fraction of sp³-hybridized carbons (Fsp3) is 0.450. The third kappa shape index (κ3) is 4.59. The summed E-state index contributed by atoms with van der Waals surface area (Å²) in [5.41, 5.74) is 3.61. The van der Waals surface area contributed by atoms with Gasteiger partial charge in [-0.05, 0) is 49.8 Å². The molecule has 1 aliphatic rings. The Balaban J connectivity index is 1.79. The number of aliphatic hydroxyl groups is 1. The topological polar surface area (TPSA) is 81.4 Å². The molecule has 0 saturated heterocycles. The second kappa shape index (κ2) is 9.19. The molecule has 0 amide bonds. The summed E-state index contributed by atoms with van der Waals surface area (Å²) in [6, 6.07) is 7.29. The molecule has 0 unspecified atom stereocenters. The lowest BCUT2D eigenvalue weighted by Gasteiger charge is -2.22. The van der Waals surface area contributed by atoms with Crippen molar-refractivity contribution >= 4 is 17.7 Å². The normalized spacial score (nSPS) is 13.3. The Bertz CT molecular complexity index is 862. The Hall–Kier alpha value is -2.12. The molecule has 1 aromatic heterocycles. The smallest absolute Gasteiger partial charge is 0.348 e. The molecule has 1 aliphatic carbocycles. The van der Waals surface area contributed by atoms with Gasteiger partial charge in [0.25, 0.3) is 0 Å². The number of thioether (sulfide) groups is 1. The Labute approximate surface area is 162 Å². The van der Waals surface area contributed by atoms with Crippen molar-refractivity contribution in [2.75, 3.05) is 13.7 Å². The third-order valence-corrected chi connectivity index (χ3v) is 5.83. The highest BCUT2D eigenvalue weighted by molar-refractivity contribution is 7.98. The van der Waals surface area contributed by atoms with Crippen LogP contribution in [0.5, 0.6) is 0 Å². The van der Waals surface area contributed by atoms with Crippen LogP contribution in [0.1, 0.15) is 46.4 Å². The highest BCUT2D eigenvalue weighted by Gasteiger charge is 2.20. The number of methoxy groups -OCH3 is 1. The van der Waals surface area contributed by atoms with E-state index in [2.05, 4.69) is 4.98 Å². The van der Waals surface area contributed by atoms with Crippen molar-refractivity contribution in [3.05, 3.63) is 57.1 Å². The molecule has 0 aliphatic heterocycles. The van der Waals surface area contributed by atoms with Crippen molar-refractivity contribution in [3.63, 3.8) is 0 Å². The number of rotatable bonds is 7. The number of hydrogen-bond donors (Lipinski definition) is 1. The molecule has 6 nitrogen and oxygen atoms in total. The lowest BCUT2D eigenvalue weighted by molar-refractivity contribution is 0.0600. The van der Waals surface area contributed by atoms with Crippen molar-refractivity contribution in [1.29, 1.82) is 0 Å². The number of ether oxygens (including phenoxy) is 1. The maximum atomic E-state index is 12.5. The van der Waals surface area contributed by atoms with Crippen LogP contribution in [0, 0.1) is 0 Å². The zero-order valence-corrected chi connectivity index (χ0v) is 16.3. The Kier molecular flexibility index (Phi) is 6.68. The van der Waals surface area contributed by atoms with E-state index in [9.17, 15) is 9.59 Å². The molecular weight excluding hydrogens is 364 g/mol. The Morgan fingerprint density at radius 2 is 2.00 bits per heavy atom. The second-order valence-corrected chi connectivity index (χ2v) is 7.50. The predicted octanol–water partition coefficient (Wildman–Crippen LogP) is 2.58. The quantitative estimate of drug-likeness (QED) is 0.446. The van der Waals surface area contributed by atoms with Gasteiger partial charge >= 0.3 is 11.7 Å². The van der Waals surface area contributed by atoms with E-state index in [1.54, 1.807) is 28.5 Å². The minimum absolute atomic E-state index is 0.0687. The first-order valence-corrected chi connectivity index (χ1v) is 10.2. The van der Waals surface area contributed by atoms with Gasteiger partial charge in [-0.2, -0.15) is 4.98 Å². The SMILES string of the molecule is COC(=O)c1ccc(CSc2nc(=O)n(CCCO)c3c2CCCC3)cc1. The molecule has 7 heteroatoms. The zero-order valence-electron chi connectivity index (χ0n) is 15.4. The van der Waals surface area contributed by atoms with Gasteiger partial charge in [-0.1, -0.05) is 12.1 Å². The van der Waals surface area contributed by atoms with Gasteiger partial charge in [0.1, 0.15) is 5.03 Å². The molecule has 0 atom stereocenters.